The van der Waals surface area contributed by atoms with Crippen LogP contribution in [0.4, 0.5) is 4.79 Å². The quantitative estimate of drug-likeness (QED) is 0.387. The van der Waals surface area contributed by atoms with Crippen LogP contribution in [0.1, 0.15) is 12.8 Å². The number of piperidine rings is 1. The van der Waals surface area contributed by atoms with Gasteiger partial charge in [0.1, 0.15) is 0 Å². The average molecular weight is 171 g/mol. The molecule has 3 nitrogen and oxygen atoms in total. The van der Waals surface area contributed by atoms with Gasteiger partial charge in [0.15, 0.2) is 4.77 Å². The second-order valence-corrected chi connectivity index (χ2v) is 4.58. The maximum Gasteiger partial charge on any atom is 0.421 e. The molecule has 0 bridgehead atoms. The highest BCUT2D eigenvalue weighted by Gasteiger charge is 2.32. The molecule has 1 rings (SSSR count). The Morgan fingerprint density at radius 3 is 2.73 bits per heavy atom. The van der Waals surface area contributed by atoms with Crippen LogP contribution in [0.3, 0.4) is 0 Å². The van der Waals surface area contributed by atoms with Gasteiger partial charge in [-0.1, -0.05) is 0 Å². The number of nitrogens with zero attached hydrogens (tertiary/aromatic N) is 1. The maximum atomic E-state index is 11.2. The molecule has 2 N–H and O–H groups in total. The van der Waals surface area contributed by atoms with E-state index in [-0.39, 0.29) is 6.04 Å². The number of likely N-dealkylation sites (N-methyl/N-ethyl adjacent to an activating group) is 1. The van der Waals surface area contributed by atoms with Crippen LogP contribution in [0.5, 0.6) is 0 Å². The van der Waals surface area contributed by atoms with Crippen LogP contribution in [0, 0.1) is 0 Å². The molecule has 1 amide bonds. The van der Waals surface area contributed by atoms with Crippen LogP contribution in [0.2, 0.25) is 0 Å². The van der Waals surface area contributed by atoms with Crippen LogP contribution in [-0.2, 0) is 0 Å². The summed E-state index contributed by atoms with van der Waals surface area (Å²) in [6, 6.07) is 0.242. The van der Waals surface area contributed by atoms with Crippen molar-refractivity contribution in [1.82, 2.24) is 0 Å². The first-order valence-electron chi connectivity index (χ1n) is 4.16. The van der Waals surface area contributed by atoms with E-state index in [4.69, 9.17) is 5.73 Å². The zero-order chi connectivity index (χ0) is 8.48. The lowest BCUT2D eigenvalue weighted by atomic mass is 10.1. The molecule has 0 aliphatic carbocycles. The minimum Gasteiger partial charge on any atom is -0.323 e. The van der Waals surface area contributed by atoms with E-state index in [9.17, 15) is 4.79 Å². The van der Waals surface area contributed by atoms with Crippen LogP contribution in [0.15, 0.2) is 0 Å². The first kappa shape index (κ1) is 9.21. The van der Waals surface area contributed by atoms with Crippen molar-refractivity contribution in [2.24, 2.45) is 5.73 Å². The molecule has 0 saturated carbocycles. The van der Waals surface area contributed by atoms with Crippen molar-refractivity contribution in [3.8, 4) is 0 Å². The Bertz CT molecular complexity index is 174. The first-order chi connectivity index (χ1) is 5.04. The molecule has 62 valence electrons. The summed E-state index contributed by atoms with van der Waals surface area (Å²) in [7, 11) is 2.01. The van der Waals surface area contributed by atoms with Gasteiger partial charge in [-0.15, -0.1) is 0 Å². The minimum atomic E-state index is 0.242. The van der Waals surface area contributed by atoms with E-state index in [1.165, 1.54) is 0 Å². The van der Waals surface area contributed by atoms with Gasteiger partial charge in [0.05, 0.1) is 26.2 Å². The van der Waals surface area contributed by atoms with Crippen molar-refractivity contribution in [3.05, 3.63) is 0 Å². The van der Waals surface area contributed by atoms with Crippen molar-refractivity contribution >= 4 is 21.1 Å². The third kappa shape index (κ3) is 2.03. The summed E-state index contributed by atoms with van der Waals surface area (Å²) < 4.78 is 0.966. The van der Waals surface area contributed by atoms with Crippen LogP contribution < -0.4 is 5.73 Å². The molecule has 1 aliphatic rings. The second kappa shape index (κ2) is 3.24. The molecule has 0 aromatic heterocycles. The number of amides is 1. The molecule has 11 heavy (non-hydrogen) atoms. The summed E-state index contributed by atoms with van der Waals surface area (Å²) in [5.41, 5.74) is 5.80. The summed E-state index contributed by atoms with van der Waals surface area (Å²) in [5, 5.41) is 0. The van der Waals surface area contributed by atoms with Crippen molar-refractivity contribution in [3.63, 3.8) is 0 Å². The van der Waals surface area contributed by atoms with Crippen LogP contribution >= 0.6 is 0 Å². The Balaban J connectivity index is 2.63. The lowest BCUT2D eigenvalue weighted by molar-refractivity contribution is -0.830. The van der Waals surface area contributed by atoms with Gasteiger partial charge < -0.3 is 5.73 Å². The number of hydrogen-bond acceptors (Lipinski definition) is 2. The second-order valence-electron chi connectivity index (χ2n) is 3.72. The van der Waals surface area contributed by atoms with E-state index in [1.54, 1.807) is 0 Å². The van der Waals surface area contributed by atoms with Gasteiger partial charge in [-0.05, 0) is 12.8 Å². The highest BCUT2D eigenvalue weighted by atomic mass is 27.0. The molecule has 1 heterocycles. The summed E-state index contributed by atoms with van der Waals surface area (Å²) in [5.74, 6) is 0. The largest absolute Gasteiger partial charge is 0.421 e. The lowest BCUT2D eigenvalue weighted by Gasteiger charge is -2.38. The number of quaternary nitrogens is 1. The summed E-state index contributed by atoms with van der Waals surface area (Å²) >= 11 is 0.653. The summed E-state index contributed by atoms with van der Waals surface area (Å²) in [6.45, 7) is 1.85. The first-order valence-corrected chi connectivity index (χ1v) is 5.16. The number of nitrogens with two attached hydrogens (primary N) is 1. The Labute approximate surface area is 75.6 Å². The fourth-order valence-corrected chi connectivity index (χ4v) is 2.09. The summed E-state index contributed by atoms with van der Waals surface area (Å²) in [6.07, 6.45) is 2.19. The molecular weight excluding hydrogens is 155 g/mol. The van der Waals surface area contributed by atoms with Crippen molar-refractivity contribution < 1.29 is 9.28 Å². The zero-order valence-electron chi connectivity index (χ0n) is 7.34. The van der Waals surface area contributed by atoms with Gasteiger partial charge in [-0.25, -0.2) is 0 Å². The van der Waals surface area contributed by atoms with Crippen LogP contribution in [0.25, 0.3) is 0 Å². The number of carbonyl (C=O) groups excluding carboxylic acids is 1. The minimum absolute atomic E-state index is 0.242. The Morgan fingerprint density at radius 2 is 2.36 bits per heavy atom. The molecule has 0 spiro atoms. The molecule has 4 heteroatoms. The lowest BCUT2D eigenvalue weighted by Crippen LogP contribution is -2.58. The molecule has 2 unspecified atom stereocenters. The number of carbonyl (C=O) groups is 1. The van der Waals surface area contributed by atoms with E-state index in [0.717, 1.165) is 25.9 Å². The SMILES string of the molecule is C[N+]1([C](=O)[AlH2])CCCC(N)C1. The van der Waals surface area contributed by atoms with Gasteiger partial charge in [0.25, 0.3) is 0 Å². The van der Waals surface area contributed by atoms with E-state index < -0.39 is 0 Å². The van der Waals surface area contributed by atoms with Crippen molar-refractivity contribution in [1.29, 1.82) is 0 Å². The smallest absolute Gasteiger partial charge is 0.323 e. The molecule has 0 aromatic carbocycles. The monoisotopic (exact) mass is 171 g/mol. The van der Waals surface area contributed by atoms with E-state index in [2.05, 4.69) is 0 Å². The fraction of sp³-hybridized carbons (Fsp3) is 0.857. The van der Waals surface area contributed by atoms with E-state index in [1.807, 2.05) is 7.05 Å². The number of hydrogen-bond donors (Lipinski definition) is 1. The topological polar surface area (TPSA) is 43.1 Å². The van der Waals surface area contributed by atoms with E-state index >= 15 is 0 Å². The standard InChI is InChI=1S/C7H14N2O.Al.2H/c1-9(6-10)4-2-3-7(8)5-9;;;/h7H,2-5,8H2,1H3;;;/q+1;;;. The molecule has 1 saturated heterocycles. The zero-order valence-corrected chi connectivity index (χ0v) is 9.34. The maximum absolute atomic E-state index is 11.2. The third-order valence-corrected chi connectivity index (χ3v) is 3.70. The predicted octanol–water partition coefficient (Wildman–Crippen LogP) is -0.693. The molecule has 0 aromatic rings. The number of rotatable bonds is 0. The third-order valence-electron chi connectivity index (χ3n) is 2.62. The molecule has 1 fully saturated rings. The van der Waals surface area contributed by atoms with Crippen molar-refractivity contribution in [2.45, 2.75) is 18.9 Å². The van der Waals surface area contributed by atoms with Gasteiger partial charge in [0, 0.05) is 0 Å². The van der Waals surface area contributed by atoms with Gasteiger partial charge in [0.2, 0.25) is 0 Å². The van der Waals surface area contributed by atoms with Crippen molar-refractivity contribution in [2.75, 3.05) is 20.1 Å². The normalized spacial score (nSPS) is 38.5. The molecule has 1 aliphatic heterocycles. The van der Waals surface area contributed by atoms with Crippen LogP contribution in [-0.4, -0.2) is 51.7 Å². The Hall–Kier alpha value is 0.122. The fourth-order valence-electron chi connectivity index (χ4n) is 1.69. The highest BCUT2D eigenvalue weighted by molar-refractivity contribution is 6.54. The summed E-state index contributed by atoms with van der Waals surface area (Å²) in [4.78, 5) is 11.2. The highest BCUT2D eigenvalue weighted by Crippen LogP contribution is 2.15. The molecule has 2 atom stereocenters. The number of likely N-dealkylation sites (tertiary alicyclic amines) is 1. The van der Waals surface area contributed by atoms with Gasteiger partial charge in [-0.3, -0.25) is 9.28 Å². The molecular formula is C7H16AlN2O+. The molecule has 0 radical (unpaired) electrons. The van der Waals surface area contributed by atoms with Gasteiger partial charge in [-0.2, -0.15) is 0 Å². The Morgan fingerprint density at radius 1 is 1.73 bits per heavy atom. The Kier molecular flexibility index (Phi) is 2.71. The average Bonchev–Trinajstić information content (AvgIpc) is 1.86. The predicted molar refractivity (Wildman–Crippen MR) is 47.1 cm³/mol. The van der Waals surface area contributed by atoms with E-state index in [0.29, 0.717) is 25.5 Å². The van der Waals surface area contributed by atoms with Gasteiger partial charge >= 0.3 is 16.3 Å².